The van der Waals surface area contributed by atoms with E-state index in [0.717, 1.165) is 19.3 Å². The van der Waals surface area contributed by atoms with E-state index in [1.807, 2.05) is 0 Å². The molecular weight excluding hydrogens is 184 g/mol. The van der Waals surface area contributed by atoms with Crippen LogP contribution >= 0.6 is 0 Å². The van der Waals surface area contributed by atoms with Gasteiger partial charge in [-0.2, -0.15) is 0 Å². The Morgan fingerprint density at radius 3 is 3.00 bits per heavy atom. The number of hydrogen-bond donors (Lipinski definition) is 1. The number of hydrogen-bond acceptors (Lipinski definition) is 4. The van der Waals surface area contributed by atoms with Gasteiger partial charge in [0.25, 0.3) is 0 Å². The molecule has 1 saturated heterocycles. The molecule has 4 heteroatoms. The number of carbonyl (C=O) groups excluding carboxylic acids is 2. The summed E-state index contributed by atoms with van der Waals surface area (Å²) in [6.45, 7) is -0.387. The second kappa shape index (κ2) is 3.69. The molecular formula is C10H14O4. The fourth-order valence-corrected chi connectivity index (χ4v) is 2.15. The summed E-state index contributed by atoms with van der Waals surface area (Å²) in [5, 5.41) is 8.66. The summed E-state index contributed by atoms with van der Waals surface area (Å²) in [4.78, 5) is 22.1. The number of ether oxygens (including phenoxy) is 1. The van der Waals surface area contributed by atoms with Crippen LogP contribution in [0, 0.1) is 11.8 Å². The first-order valence-corrected chi connectivity index (χ1v) is 5.05. The minimum absolute atomic E-state index is 0.0594. The average molecular weight is 198 g/mol. The SMILES string of the molecule is O=C1CCC[C@@H]([C@@H]2C[C@H]2C(=O)CO)O1. The van der Waals surface area contributed by atoms with E-state index in [1.165, 1.54) is 0 Å². The molecule has 1 N–H and O–H groups in total. The summed E-state index contributed by atoms with van der Waals surface area (Å²) < 4.78 is 5.16. The highest BCUT2D eigenvalue weighted by molar-refractivity contribution is 5.84. The fraction of sp³-hybridized carbons (Fsp3) is 0.800. The number of esters is 1. The van der Waals surface area contributed by atoms with Crippen molar-refractivity contribution in [1.29, 1.82) is 0 Å². The zero-order valence-corrected chi connectivity index (χ0v) is 7.94. The van der Waals surface area contributed by atoms with E-state index >= 15 is 0 Å². The van der Waals surface area contributed by atoms with E-state index in [1.54, 1.807) is 0 Å². The summed E-state index contributed by atoms with van der Waals surface area (Å²) in [5.74, 6) is -0.144. The zero-order valence-electron chi connectivity index (χ0n) is 7.94. The second-order valence-corrected chi connectivity index (χ2v) is 4.05. The van der Waals surface area contributed by atoms with Crippen LogP contribution in [0.2, 0.25) is 0 Å². The van der Waals surface area contributed by atoms with Crippen LogP contribution in [-0.2, 0) is 14.3 Å². The molecule has 1 heterocycles. The van der Waals surface area contributed by atoms with Crippen molar-refractivity contribution in [2.45, 2.75) is 31.8 Å². The predicted molar refractivity (Wildman–Crippen MR) is 47.4 cm³/mol. The zero-order chi connectivity index (χ0) is 10.1. The normalized spacial score (nSPS) is 36.4. The molecule has 0 unspecified atom stereocenters. The van der Waals surface area contributed by atoms with E-state index in [0.29, 0.717) is 6.42 Å². The van der Waals surface area contributed by atoms with Crippen LogP contribution in [0.15, 0.2) is 0 Å². The van der Waals surface area contributed by atoms with E-state index in [4.69, 9.17) is 9.84 Å². The number of rotatable bonds is 3. The van der Waals surface area contributed by atoms with Crippen LogP contribution in [0.5, 0.6) is 0 Å². The smallest absolute Gasteiger partial charge is 0.306 e. The number of aliphatic hydroxyl groups is 1. The van der Waals surface area contributed by atoms with E-state index in [-0.39, 0.29) is 36.3 Å². The molecule has 1 aliphatic carbocycles. The van der Waals surface area contributed by atoms with Crippen LogP contribution < -0.4 is 0 Å². The van der Waals surface area contributed by atoms with Crippen molar-refractivity contribution >= 4 is 11.8 Å². The average Bonchev–Trinajstić information content (AvgIpc) is 2.96. The highest BCUT2D eigenvalue weighted by Gasteiger charge is 2.49. The molecule has 1 aliphatic heterocycles. The monoisotopic (exact) mass is 198 g/mol. The number of cyclic esters (lactones) is 1. The first kappa shape index (κ1) is 9.65. The van der Waals surface area contributed by atoms with Crippen molar-refractivity contribution in [3.05, 3.63) is 0 Å². The third-order valence-corrected chi connectivity index (χ3v) is 3.04. The number of Topliss-reactive ketones (excluding diaryl/α,β-unsaturated/α-hetero) is 1. The lowest BCUT2D eigenvalue weighted by Gasteiger charge is -2.22. The van der Waals surface area contributed by atoms with Gasteiger partial charge in [0, 0.05) is 18.3 Å². The van der Waals surface area contributed by atoms with Crippen molar-refractivity contribution in [2.24, 2.45) is 11.8 Å². The van der Waals surface area contributed by atoms with Gasteiger partial charge in [-0.25, -0.2) is 0 Å². The van der Waals surface area contributed by atoms with E-state index < -0.39 is 0 Å². The Morgan fingerprint density at radius 1 is 1.57 bits per heavy atom. The lowest BCUT2D eigenvalue weighted by molar-refractivity contribution is -0.155. The molecule has 3 atom stereocenters. The molecule has 2 fully saturated rings. The molecule has 0 aromatic heterocycles. The Labute approximate surface area is 82.2 Å². The molecule has 78 valence electrons. The Hall–Kier alpha value is -0.900. The van der Waals surface area contributed by atoms with Gasteiger partial charge >= 0.3 is 5.97 Å². The first-order valence-electron chi connectivity index (χ1n) is 5.05. The van der Waals surface area contributed by atoms with E-state index in [9.17, 15) is 9.59 Å². The molecule has 0 spiro atoms. The molecule has 1 saturated carbocycles. The van der Waals surface area contributed by atoms with Gasteiger partial charge in [0.2, 0.25) is 0 Å². The molecule has 0 aromatic carbocycles. The second-order valence-electron chi connectivity index (χ2n) is 4.05. The molecule has 4 nitrogen and oxygen atoms in total. The Kier molecular flexibility index (Phi) is 2.54. The lowest BCUT2D eigenvalue weighted by Crippen LogP contribution is -2.27. The van der Waals surface area contributed by atoms with Gasteiger partial charge in [0.15, 0.2) is 5.78 Å². The minimum atomic E-state index is -0.387. The maximum atomic E-state index is 11.1. The van der Waals surface area contributed by atoms with Gasteiger partial charge in [-0.3, -0.25) is 9.59 Å². The lowest BCUT2D eigenvalue weighted by atomic mass is 10.0. The van der Waals surface area contributed by atoms with Gasteiger partial charge in [0.05, 0.1) is 0 Å². The molecule has 2 rings (SSSR count). The predicted octanol–water partition coefficient (Wildman–Crippen LogP) is 0.280. The summed E-state index contributed by atoms with van der Waals surface area (Å²) in [6.07, 6.45) is 2.93. The summed E-state index contributed by atoms with van der Waals surface area (Å²) in [7, 11) is 0. The van der Waals surface area contributed by atoms with Gasteiger partial charge in [-0.1, -0.05) is 0 Å². The minimum Gasteiger partial charge on any atom is -0.462 e. The topological polar surface area (TPSA) is 63.6 Å². The van der Waals surface area contributed by atoms with Crippen LogP contribution in [0.1, 0.15) is 25.7 Å². The van der Waals surface area contributed by atoms with Crippen molar-refractivity contribution in [3.63, 3.8) is 0 Å². The van der Waals surface area contributed by atoms with E-state index in [2.05, 4.69) is 0 Å². The molecule has 0 aromatic rings. The maximum absolute atomic E-state index is 11.1. The van der Waals surface area contributed by atoms with Crippen molar-refractivity contribution in [3.8, 4) is 0 Å². The number of aliphatic hydroxyl groups excluding tert-OH is 1. The van der Waals surface area contributed by atoms with Gasteiger partial charge in [-0.15, -0.1) is 0 Å². The van der Waals surface area contributed by atoms with Crippen LogP contribution in [-0.4, -0.2) is 29.6 Å². The quantitative estimate of drug-likeness (QED) is 0.661. The largest absolute Gasteiger partial charge is 0.462 e. The highest BCUT2D eigenvalue weighted by atomic mass is 16.5. The summed E-state index contributed by atoms with van der Waals surface area (Å²) in [6, 6.07) is 0. The van der Waals surface area contributed by atoms with Crippen molar-refractivity contribution in [1.82, 2.24) is 0 Å². The Bertz CT molecular complexity index is 261. The van der Waals surface area contributed by atoms with Crippen LogP contribution in [0.25, 0.3) is 0 Å². The van der Waals surface area contributed by atoms with Crippen molar-refractivity contribution in [2.75, 3.05) is 6.61 Å². The van der Waals surface area contributed by atoms with Gasteiger partial charge in [0.1, 0.15) is 12.7 Å². The molecule has 14 heavy (non-hydrogen) atoms. The fourth-order valence-electron chi connectivity index (χ4n) is 2.15. The summed E-state index contributed by atoms with van der Waals surface area (Å²) in [5.41, 5.74) is 0. The molecule has 2 aliphatic rings. The van der Waals surface area contributed by atoms with Crippen LogP contribution in [0.4, 0.5) is 0 Å². The van der Waals surface area contributed by atoms with Crippen LogP contribution in [0.3, 0.4) is 0 Å². The maximum Gasteiger partial charge on any atom is 0.306 e. The highest BCUT2D eigenvalue weighted by Crippen LogP contribution is 2.45. The number of ketones is 1. The first-order chi connectivity index (χ1) is 6.72. The Balaban J connectivity index is 1.86. The Morgan fingerprint density at radius 2 is 2.36 bits per heavy atom. The third-order valence-electron chi connectivity index (χ3n) is 3.04. The van der Waals surface area contributed by atoms with Gasteiger partial charge < -0.3 is 9.84 Å². The molecule has 0 amide bonds. The molecule has 0 bridgehead atoms. The standard InChI is InChI=1S/C10H14O4/c11-5-8(12)6-4-7(6)9-2-1-3-10(13)14-9/h6-7,9,11H,1-5H2/t6-,7-,9+/m1/s1. The van der Waals surface area contributed by atoms with Gasteiger partial charge in [-0.05, 0) is 19.3 Å². The number of carbonyl (C=O) groups is 2. The van der Waals surface area contributed by atoms with Crippen molar-refractivity contribution < 1.29 is 19.4 Å². The molecule has 0 radical (unpaired) electrons. The summed E-state index contributed by atoms with van der Waals surface area (Å²) >= 11 is 0. The third kappa shape index (κ3) is 1.80.